The van der Waals surface area contributed by atoms with E-state index in [1.165, 1.54) is 0 Å². The molecule has 21 heavy (non-hydrogen) atoms. The van der Waals surface area contributed by atoms with Gasteiger partial charge >= 0.3 is 0 Å². The number of amides is 1. The van der Waals surface area contributed by atoms with Crippen molar-refractivity contribution >= 4 is 5.91 Å². The first kappa shape index (κ1) is 16.5. The molecule has 2 aliphatic rings. The molecule has 120 valence electrons. The minimum absolute atomic E-state index is 0.202. The Morgan fingerprint density at radius 3 is 2.76 bits per heavy atom. The molecule has 2 rings (SSSR count). The van der Waals surface area contributed by atoms with Gasteiger partial charge in [0.2, 0.25) is 5.91 Å². The number of hydrogen-bond donors (Lipinski definition) is 1. The number of nitrogens with zero attached hydrogens (tertiary/aromatic N) is 1. The van der Waals surface area contributed by atoms with E-state index >= 15 is 0 Å². The first-order chi connectivity index (χ1) is 10.1. The van der Waals surface area contributed by atoms with Crippen molar-refractivity contribution in [1.29, 1.82) is 0 Å². The summed E-state index contributed by atoms with van der Waals surface area (Å²) in [5.41, 5.74) is 0. The molecule has 0 bridgehead atoms. The van der Waals surface area contributed by atoms with Gasteiger partial charge in [0.05, 0.1) is 13.2 Å². The highest BCUT2D eigenvalue weighted by atomic mass is 16.5. The van der Waals surface area contributed by atoms with Gasteiger partial charge in [0.1, 0.15) is 0 Å². The second-order valence-corrected chi connectivity index (χ2v) is 6.71. The van der Waals surface area contributed by atoms with Crippen LogP contribution in [-0.2, 0) is 9.53 Å². The largest absolute Gasteiger partial charge is 0.379 e. The fraction of sp³-hybridized carbons (Fsp3) is 0.824. The Morgan fingerprint density at radius 2 is 2.14 bits per heavy atom. The van der Waals surface area contributed by atoms with Gasteiger partial charge in [-0.2, -0.15) is 0 Å². The third-order valence-electron chi connectivity index (χ3n) is 4.40. The zero-order valence-electron chi connectivity index (χ0n) is 13.5. The molecule has 1 aliphatic heterocycles. The SMILES string of the molecule is CC(C)CC(CNC(=O)CC1C=CCC1)N1CCOCC1. The predicted molar refractivity (Wildman–Crippen MR) is 85.1 cm³/mol. The molecule has 4 nitrogen and oxygen atoms in total. The Hall–Kier alpha value is -0.870. The summed E-state index contributed by atoms with van der Waals surface area (Å²) in [6.07, 6.45) is 8.41. The molecule has 2 unspecified atom stereocenters. The van der Waals surface area contributed by atoms with Crippen LogP contribution in [0.3, 0.4) is 0 Å². The van der Waals surface area contributed by atoms with E-state index in [2.05, 4.69) is 36.2 Å². The van der Waals surface area contributed by atoms with Crippen molar-refractivity contribution in [3.63, 3.8) is 0 Å². The average molecular weight is 294 g/mol. The highest BCUT2D eigenvalue weighted by Crippen LogP contribution is 2.20. The summed E-state index contributed by atoms with van der Waals surface area (Å²) >= 11 is 0. The third-order valence-corrected chi connectivity index (χ3v) is 4.40. The van der Waals surface area contributed by atoms with E-state index in [0.29, 0.717) is 24.3 Å². The normalized spacial score (nSPS) is 24.4. The monoisotopic (exact) mass is 294 g/mol. The lowest BCUT2D eigenvalue weighted by molar-refractivity contribution is -0.122. The lowest BCUT2D eigenvalue weighted by atomic mass is 10.0. The minimum atomic E-state index is 0.202. The molecule has 0 aromatic heterocycles. The van der Waals surface area contributed by atoms with Gasteiger partial charge in [-0.3, -0.25) is 9.69 Å². The van der Waals surface area contributed by atoms with Crippen LogP contribution in [0.15, 0.2) is 12.2 Å². The van der Waals surface area contributed by atoms with Crippen molar-refractivity contribution < 1.29 is 9.53 Å². The van der Waals surface area contributed by atoms with Crippen LogP contribution in [0.4, 0.5) is 0 Å². The van der Waals surface area contributed by atoms with E-state index in [9.17, 15) is 4.79 Å². The van der Waals surface area contributed by atoms with E-state index in [-0.39, 0.29) is 5.91 Å². The molecule has 2 atom stereocenters. The fourth-order valence-corrected chi connectivity index (χ4v) is 3.26. The van der Waals surface area contributed by atoms with Crippen LogP contribution in [0, 0.1) is 11.8 Å². The number of carbonyl (C=O) groups is 1. The smallest absolute Gasteiger partial charge is 0.220 e. The van der Waals surface area contributed by atoms with Crippen LogP contribution < -0.4 is 5.32 Å². The van der Waals surface area contributed by atoms with Gasteiger partial charge in [-0.25, -0.2) is 0 Å². The highest BCUT2D eigenvalue weighted by molar-refractivity contribution is 5.76. The van der Waals surface area contributed by atoms with Crippen LogP contribution in [0.1, 0.15) is 39.5 Å². The number of allylic oxidation sites excluding steroid dienone is 2. The first-order valence-corrected chi connectivity index (χ1v) is 8.40. The van der Waals surface area contributed by atoms with E-state index in [4.69, 9.17) is 4.74 Å². The molecule has 1 amide bonds. The zero-order chi connectivity index (χ0) is 15.1. The van der Waals surface area contributed by atoms with E-state index in [1.54, 1.807) is 0 Å². The average Bonchev–Trinajstić information content (AvgIpc) is 2.97. The molecular weight excluding hydrogens is 264 g/mol. The van der Waals surface area contributed by atoms with Crippen LogP contribution in [0.5, 0.6) is 0 Å². The first-order valence-electron chi connectivity index (χ1n) is 8.40. The van der Waals surface area contributed by atoms with Crippen molar-refractivity contribution in [3.8, 4) is 0 Å². The van der Waals surface area contributed by atoms with Gasteiger partial charge in [-0.05, 0) is 31.1 Å². The van der Waals surface area contributed by atoms with Gasteiger partial charge in [0, 0.05) is 32.1 Å². The Kier molecular flexibility index (Phi) is 6.71. The van der Waals surface area contributed by atoms with Crippen molar-refractivity contribution in [2.24, 2.45) is 11.8 Å². The predicted octanol–water partition coefficient (Wildman–Crippen LogP) is 2.21. The molecule has 1 N–H and O–H groups in total. The van der Waals surface area contributed by atoms with Gasteiger partial charge in [-0.15, -0.1) is 0 Å². The summed E-state index contributed by atoms with van der Waals surface area (Å²) in [6.45, 7) is 8.87. The standard InChI is InChI=1S/C17H30N2O2/c1-14(2)11-16(19-7-9-21-10-8-19)13-18-17(20)12-15-5-3-4-6-15/h3,5,14-16H,4,6-13H2,1-2H3,(H,18,20). The molecule has 1 aliphatic carbocycles. The lowest BCUT2D eigenvalue weighted by Crippen LogP contribution is -2.49. The Labute approximate surface area is 128 Å². The highest BCUT2D eigenvalue weighted by Gasteiger charge is 2.23. The molecule has 0 radical (unpaired) electrons. The summed E-state index contributed by atoms with van der Waals surface area (Å²) in [6, 6.07) is 0.442. The molecule has 0 spiro atoms. The van der Waals surface area contributed by atoms with Gasteiger partial charge in [0.25, 0.3) is 0 Å². The van der Waals surface area contributed by atoms with E-state index in [0.717, 1.165) is 52.1 Å². The van der Waals surface area contributed by atoms with E-state index in [1.807, 2.05) is 0 Å². The quantitative estimate of drug-likeness (QED) is 0.732. The minimum Gasteiger partial charge on any atom is -0.379 e. The second-order valence-electron chi connectivity index (χ2n) is 6.71. The maximum atomic E-state index is 12.1. The van der Waals surface area contributed by atoms with Crippen LogP contribution in [-0.4, -0.2) is 49.7 Å². The van der Waals surface area contributed by atoms with Crippen LogP contribution >= 0.6 is 0 Å². The Bertz CT molecular complexity index is 349. The molecule has 0 aromatic rings. The van der Waals surface area contributed by atoms with Gasteiger partial charge in [-0.1, -0.05) is 26.0 Å². The van der Waals surface area contributed by atoms with Gasteiger partial charge < -0.3 is 10.1 Å². The fourth-order valence-electron chi connectivity index (χ4n) is 3.26. The molecule has 1 heterocycles. The number of morpholine rings is 1. The summed E-state index contributed by atoms with van der Waals surface area (Å²) in [4.78, 5) is 14.6. The van der Waals surface area contributed by atoms with Crippen molar-refractivity contribution in [1.82, 2.24) is 10.2 Å². The Morgan fingerprint density at radius 1 is 1.38 bits per heavy atom. The van der Waals surface area contributed by atoms with Crippen LogP contribution in [0.25, 0.3) is 0 Å². The summed E-state index contributed by atoms with van der Waals surface area (Å²) in [7, 11) is 0. The third kappa shape index (κ3) is 5.79. The molecule has 0 saturated carbocycles. The molecule has 0 aromatic carbocycles. The zero-order valence-corrected chi connectivity index (χ0v) is 13.5. The molecule has 4 heteroatoms. The van der Waals surface area contributed by atoms with Crippen molar-refractivity contribution in [2.45, 2.75) is 45.6 Å². The topological polar surface area (TPSA) is 41.6 Å². The number of ether oxygens (including phenoxy) is 1. The number of hydrogen-bond acceptors (Lipinski definition) is 3. The number of nitrogens with one attached hydrogen (secondary N) is 1. The van der Waals surface area contributed by atoms with Crippen molar-refractivity contribution in [2.75, 3.05) is 32.8 Å². The van der Waals surface area contributed by atoms with E-state index < -0.39 is 0 Å². The summed E-state index contributed by atoms with van der Waals surface area (Å²) < 4.78 is 5.43. The molecule has 1 fully saturated rings. The lowest BCUT2D eigenvalue weighted by Gasteiger charge is -2.35. The summed E-state index contributed by atoms with van der Waals surface area (Å²) in [5, 5.41) is 3.16. The van der Waals surface area contributed by atoms with Crippen LogP contribution in [0.2, 0.25) is 0 Å². The van der Waals surface area contributed by atoms with Crippen molar-refractivity contribution in [3.05, 3.63) is 12.2 Å². The second kappa shape index (κ2) is 8.54. The maximum Gasteiger partial charge on any atom is 0.220 e. The number of carbonyl (C=O) groups excluding carboxylic acids is 1. The molecular formula is C17H30N2O2. The molecule has 1 saturated heterocycles. The summed E-state index contributed by atoms with van der Waals surface area (Å²) in [5.74, 6) is 1.30. The van der Waals surface area contributed by atoms with Gasteiger partial charge in [0.15, 0.2) is 0 Å². The number of rotatable bonds is 7. The Balaban J connectivity index is 1.77. The maximum absolute atomic E-state index is 12.1.